The predicted molar refractivity (Wildman–Crippen MR) is 105 cm³/mol. The fraction of sp³-hybridized carbons (Fsp3) is 0.364. The number of halogens is 2. The van der Waals surface area contributed by atoms with Crippen molar-refractivity contribution in [1.29, 1.82) is 0 Å². The van der Waals surface area contributed by atoms with Gasteiger partial charge in [0.05, 0.1) is 5.54 Å². The zero-order chi connectivity index (χ0) is 21.0. The average Bonchev–Trinajstić information content (AvgIpc) is 2.71. The average molecular weight is 402 g/mol. The molecule has 0 bridgehead atoms. The van der Waals surface area contributed by atoms with E-state index in [1.54, 1.807) is 38.1 Å². The van der Waals surface area contributed by atoms with Crippen molar-refractivity contribution >= 4 is 11.8 Å². The molecule has 2 aromatic carbocycles. The van der Waals surface area contributed by atoms with Crippen LogP contribution < -0.4 is 10.6 Å². The van der Waals surface area contributed by atoms with Crippen molar-refractivity contribution in [3.05, 3.63) is 70.3 Å². The lowest BCUT2D eigenvalue weighted by Crippen LogP contribution is -2.58. The number of nitrogens with one attached hydrogen (secondary N) is 2. The minimum atomic E-state index is -0.727. The van der Waals surface area contributed by atoms with Crippen molar-refractivity contribution < 1.29 is 23.1 Å². The first-order chi connectivity index (χ1) is 13.8. The van der Waals surface area contributed by atoms with Gasteiger partial charge in [0.25, 0.3) is 11.8 Å². The second-order valence-electron chi connectivity index (χ2n) is 7.46. The number of ether oxygens (including phenoxy) is 1. The molecule has 1 aliphatic heterocycles. The van der Waals surface area contributed by atoms with E-state index in [4.69, 9.17) is 4.74 Å². The van der Waals surface area contributed by atoms with E-state index >= 15 is 0 Å². The molecule has 0 radical (unpaired) electrons. The van der Waals surface area contributed by atoms with E-state index < -0.39 is 29.0 Å². The molecule has 3 rings (SSSR count). The van der Waals surface area contributed by atoms with E-state index in [0.717, 1.165) is 0 Å². The van der Waals surface area contributed by atoms with Crippen LogP contribution in [0.15, 0.2) is 36.4 Å². The Labute approximate surface area is 168 Å². The van der Waals surface area contributed by atoms with Crippen LogP contribution in [-0.4, -0.2) is 37.1 Å². The van der Waals surface area contributed by atoms with Crippen LogP contribution in [0.25, 0.3) is 0 Å². The topological polar surface area (TPSA) is 67.4 Å². The van der Waals surface area contributed by atoms with Gasteiger partial charge in [-0.2, -0.15) is 0 Å². The first-order valence-electron chi connectivity index (χ1n) is 9.50. The van der Waals surface area contributed by atoms with E-state index in [1.807, 2.05) is 0 Å². The third-order valence-electron chi connectivity index (χ3n) is 5.28. The smallest absolute Gasteiger partial charge is 0.251 e. The number of benzene rings is 2. The molecule has 154 valence electrons. The van der Waals surface area contributed by atoms with Crippen LogP contribution in [-0.2, 0) is 4.74 Å². The van der Waals surface area contributed by atoms with E-state index in [2.05, 4.69) is 10.6 Å². The van der Waals surface area contributed by atoms with Crippen LogP contribution >= 0.6 is 0 Å². The summed E-state index contributed by atoms with van der Waals surface area (Å²) in [7, 11) is 0. The largest absolute Gasteiger partial charge is 0.381 e. The molecule has 1 saturated heterocycles. The first kappa shape index (κ1) is 20.9. The van der Waals surface area contributed by atoms with Crippen LogP contribution in [0.2, 0.25) is 0 Å². The minimum Gasteiger partial charge on any atom is -0.381 e. The van der Waals surface area contributed by atoms with E-state index in [9.17, 15) is 18.4 Å². The first-order valence-corrected chi connectivity index (χ1v) is 9.50. The highest BCUT2D eigenvalue weighted by Gasteiger charge is 2.35. The number of rotatable bonds is 5. The van der Waals surface area contributed by atoms with Crippen molar-refractivity contribution in [1.82, 2.24) is 10.6 Å². The summed E-state index contributed by atoms with van der Waals surface area (Å²) in [6.07, 6.45) is 0.991. The van der Waals surface area contributed by atoms with Gasteiger partial charge in [-0.05, 0) is 62.1 Å². The van der Waals surface area contributed by atoms with Gasteiger partial charge in [-0.25, -0.2) is 8.78 Å². The summed E-state index contributed by atoms with van der Waals surface area (Å²) in [5.74, 6) is -1.74. The number of aryl methyl sites for hydroxylation is 2. The zero-order valence-corrected chi connectivity index (χ0v) is 16.5. The second-order valence-corrected chi connectivity index (χ2v) is 7.46. The van der Waals surface area contributed by atoms with E-state index in [0.29, 0.717) is 37.2 Å². The van der Waals surface area contributed by atoms with Gasteiger partial charge in [0.2, 0.25) is 0 Å². The monoisotopic (exact) mass is 402 g/mol. The number of carbonyl (C=O) groups excluding carboxylic acids is 2. The standard InChI is InChI=1S/C22H24F2N2O3/c1-14-3-5-16(11-18(14)23)20(27)25-13-22(7-9-29-10-8-22)26-21(28)17-6-4-15(2)19(24)12-17/h3-6,11-12H,7-10,13H2,1-2H3,(H,25,27)(H,26,28). The van der Waals surface area contributed by atoms with E-state index in [-0.39, 0.29) is 17.7 Å². The molecule has 5 nitrogen and oxygen atoms in total. The lowest BCUT2D eigenvalue weighted by Gasteiger charge is -2.38. The molecule has 2 N–H and O–H groups in total. The summed E-state index contributed by atoms with van der Waals surface area (Å²) >= 11 is 0. The SMILES string of the molecule is Cc1ccc(C(=O)NCC2(NC(=O)c3ccc(C)c(F)c3)CCOCC2)cc1F. The molecule has 0 saturated carbocycles. The Bertz CT molecular complexity index is 924. The summed E-state index contributed by atoms with van der Waals surface area (Å²) in [4.78, 5) is 25.2. The minimum absolute atomic E-state index is 0.158. The highest BCUT2D eigenvalue weighted by atomic mass is 19.1. The van der Waals surface area contributed by atoms with Crippen LogP contribution in [0, 0.1) is 25.5 Å². The van der Waals surface area contributed by atoms with Gasteiger partial charge in [0, 0.05) is 30.9 Å². The van der Waals surface area contributed by atoms with Crippen LogP contribution in [0.1, 0.15) is 44.7 Å². The lowest BCUT2D eigenvalue weighted by atomic mass is 9.89. The molecule has 0 aliphatic carbocycles. The maximum absolute atomic E-state index is 13.8. The summed E-state index contributed by atoms with van der Waals surface area (Å²) in [5, 5.41) is 5.73. The van der Waals surface area contributed by atoms with Crippen molar-refractivity contribution in [2.45, 2.75) is 32.2 Å². The number of hydrogen-bond acceptors (Lipinski definition) is 3. The van der Waals surface area contributed by atoms with Crippen LogP contribution in [0.5, 0.6) is 0 Å². The molecule has 1 heterocycles. The molecule has 7 heteroatoms. The van der Waals surface area contributed by atoms with Crippen LogP contribution in [0.4, 0.5) is 8.78 Å². The molecular formula is C22H24F2N2O3. The van der Waals surface area contributed by atoms with Gasteiger partial charge in [-0.1, -0.05) is 12.1 Å². The predicted octanol–water partition coefficient (Wildman–Crippen LogP) is 3.29. The Morgan fingerprint density at radius 3 is 1.97 bits per heavy atom. The van der Waals surface area contributed by atoms with Crippen molar-refractivity contribution in [2.75, 3.05) is 19.8 Å². The Hall–Kier alpha value is -2.80. The summed E-state index contributed by atoms with van der Waals surface area (Å²) in [6, 6.07) is 8.60. The molecule has 2 amide bonds. The van der Waals surface area contributed by atoms with Gasteiger partial charge in [-0.15, -0.1) is 0 Å². The third-order valence-corrected chi connectivity index (χ3v) is 5.28. The third kappa shape index (κ3) is 4.98. The Kier molecular flexibility index (Phi) is 6.27. The summed E-state index contributed by atoms with van der Waals surface area (Å²) in [5.41, 5.74) is 0.614. The molecule has 2 aromatic rings. The number of hydrogen-bond donors (Lipinski definition) is 2. The normalized spacial score (nSPS) is 15.6. The Morgan fingerprint density at radius 1 is 0.931 bits per heavy atom. The molecular weight excluding hydrogens is 378 g/mol. The van der Waals surface area contributed by atoms with Gasteiger partial charge in [0.1, 0.15) is 11.6 Å². The maximum atomic E-state index is 13.8. The molecule has 0 atom stereocenters. The second kappa shape index (κ2) is 8.69. The van der Waals surface area contributed by atoms with Crippen molar-refractivity contribution in [2.24, 2.45) is 0 Å². The fourth-order valence-corrected chi connectivity index (χ4v) is 3.24. The molecule has 1 aliphatic rings. The molecule has 29 heavy (non-hydrogen) atoms. The lowest BCUT2D eigenvalue weighted by molar-refractivity contribution is 0.0352. The van der Waals surface area contributed by atoms with Crippen molar-refractivity contribution in [3.63, 3.8) is 0 Å². The molecule has 0 spiro atoms. The van der Waals surface area contributed by atoms with Gasteiger partial charge >= 0.3 is 0 Å². The highest BCUT2D eigenvalue weighted by molar-refractivity contribution is 5.95. The maximum Gasteiger partial charge on any atom is 0.251 e. The molecule has 0 aromatic heterocycles. The molecule has 0 unspecified atom stereocenters. The summed E-state index contributed by atoms with van der Waals surface area (Å²) in [6.45, 7) is 4.26. The van der Waals surface area contributed by atoms with Gasteiger partial charge in [-0.3, -0.25) is 9.59 Å². The Morgan fingerprint density at radius 2 is 1.45 bits per heavy atom. The quantitative estimate of drug-likeness (QED) is 0.807. The zero-order valence-electron chi connectivity index (χ0n) is 16.5. The van der Waals surface area contributed by atoms with E-state index in [1.165, 1.54) is 12.1 Å². The summed E-state index contributed by atoms with van der Waals surface area (Å²) < 4.78 is 33.0. The number of carbonyl (C=O) groups is 2. The van der Waals surface area contributed by atoms with Gasteiger partial charge in [0.15, 0.2) is 0 Å². The van der Waals surface area contributed by atoms with Crippen LogP contribution in [0.3, 0.4) is 0 Å². The van der Waals surface area contributed by atoms with Gasteiger partial charge < -0.3 is 15.4 Å². The fourth-order valence-electron chi connectivity index (χ4n) is 3.24. The highest BCUT2D eigenvalue weighted by Crippen LogP contribution is 2.22. The Balaban J connectivity index is 1.72. The number of amides is 2. The van der Waals surface area contributed by atoms with Crippen molar-refractivity contribution in [3.8, 4) is 0 Å². The molecule has 1 fully saturated rings.